The lowest BCUT2D eigenvalue weighted by Crippen LogP contribution is -2.41. The van der Waals surface area contributed by atoms with Crippen molar-refractivity contribution in [2.24, 2.45) is 4.99 Å². The second kappa shape index (κ2) is 5.92. The minimum absolute atomic E-state index is 0.499. The quantitative estimate of drug-likeness (QED) is 0.911. The van der Waals surface area contributed by atoms with Gasteiger partial charge in [-0.2, -0.15) is 0 Å². The Labute approximate surface area is 119 Å². The van der Waals surface area contributed by atoms with Crippen LogP contribution in [-0.4, -0.2) is 55.5 Å². The predicted molar refractivity (Wildman–Crippen MR) is 80.8 cm³/mol. The summed E-state index contributed by atoms with van der Waals surface area (Å²) in [5, 5.41) is 5.72. The van der Waals surface area contributed by atoms with Gasteiger partial charge < -0.3 is 10.2 Å². The Morgan fingerprint density at radius 3 is 2.84 bits per heavy atom. The summed E-state index contributed by atoms with van der Waals surface area (Å²) >= 11 is 1.87. The van der Waals surface area contributed by atoms with Crippen molar-refractivity contribution in [1.29, 1.82) is 0 Å². The van der Waals surface area contributed by atoms with Gasteiger partial charge in [0.25, 0.3) is 0 Å². The van der Waals surface area contributed by atoms with E-state index in [4.69, 9.17) is 0 Å². The molecule has 0 spiro atoms. The molecule has 104 valence electrons. The fraction of sp³-hybridized carbons (Fsp3) is 0.643. The van der Waals surface area contributed by atoms with Crippen LogP contribution in [0.25, 0.3) is 0 Å². The van der Waals surface area contributed by atoms with Crippen molar-refractivity contribution < 1.29 is 0 Å². The second-order valence-corrected chi connectivity index (χ2v) is 6.26. The molecule has 1 aromatic rings. The first-order valence-corrected chi connectivity index (χ1v) is 7.99. The van der Waals surface area contributed by atoms with Crippen molar-refractivity contribution in [3.8, 4) is 0 Å². The third kappa shape index (κ3) is 2.92. The zero-order chi connectivity index (χ0) is 13.1. The number of rotatable bonds is 4. The van der Waals surface area contributed by atoms with Crippen LogP contribution in [-0.2, 0) is 0 Å². The zero-order valence-electron chi connectivity index (χ0n) is 11.5. The first-order chi connectivity index (χ1) is 9.34. The molecule has 0 amide bonds. The van der Waals surface area contributed by atoms with Crippen LogP contribution in [0.1, 0.15) is 23.8 Å². The monoisotopic (exact) mass is 278 g/mol. The molecule has 3 heterocycles. The fourth-order valence-electron chi connectivity index (χ4n) is 2.86. The average molecular weight is 278 g/mol. The van der Waals surface area contributed by atoms with Crippen molar-refractivity contribution in [2.75, 3.05) is 39.8 Å². The van der Waals surface area contributed by atoms with Crippen LogP contribution >= 0.6 is 11.3 Å². The topological polar surface area (TPSA) is 30.9 Å². The van der Waals surface area contributed by atoms with E-state index in [2.05, 4.69) is 44.7 Å². The maximum absolute atomic E-state index is 4.51. The molecule has 2 aliphatic heterocycles. The van der Waals surface area contributed by atoms with Gasteiger partial charge >= 0.3 is 0 Å². The summed E-state index contributed by atoms with van der Waals surface area (Å²) in [6.45, 7) is 5.38. The van der Waals surface area contributed by atoms with E-state index in [1.165, 1.54) is 30.8 Å². The Bertz CT molecular complexity index is 423. The molecule has 3 rings (SSSR count). The highest BCUT2D eigenvalue weighted by Crippen LogP contribution is 2.27. The maximum atomic E-state index is 4.51. The molecule has 5 heteroatoms. The minimum atomic E-state index is 0.499. The predicted octanol–water partition coefficient (Wildman–Crippen LogP) is 1.78. The third-order valence-electron chi connectivity index (χ3n) is 3.97. The molecule has 1 unspecified atom stereocenters. The number of aliphatic imine (C=N–C) groups is 1. The Morgan fingerprint density at radius 1 is 1.37 bits per heavy atom. The van der Waals surface area contributed by atoms with Crippen molar-refractivity contribution >= 4 is 17.3 Å². The van der Waals surface area contributed by atoms with Gasteiger partial charge in [-0.05, 0) is 37.4 Å². The number of thiophene rings is 1. The summed E-state index contributed by atoms with van der Waals surface area (Å²) in [6, 6.07) is 4.91. The van der Waals surface area contributed by atoms with Gasteiger partial charge in [0.2, 0.25) is 0 Å². The molecule has 0 aliphatic carbocycles. The molecule has 1 atom stereocenters. The molecule has 0 saturated carbocycles. The van der Waals surface area contributed by atoms with E-state index >= 15 is 0 Å². The third-order valence-corrected chi connectivity index (χ3v) is 4.94. The van der Waals surface area contributed by atoms with E-state index in [1.54, 1.807) is 0 Å². The Hall–Kier alpha value is -1.07. The number of hydrogen-bond donors (Lipinski definition) is 1. The first kappa shape index (κ1) is 12.9. The average Bonchev–Trinajstić information content (AvgIpc) is 3.13. The van der Waals surface area contributed by atoms with E-state index in [9.17, 15) is 0 Å². The van der Waals surface area contributed by atoms with Gasteiger partial charge in [-0.1, -0.05) is 6.07 Å². The molecule has 1 saturated heterocycles. The first-order valence-electron chi connectivity index (χ1n) is 7.11. The lowest BCUT2D eigenvalue weighted by molar-refractivity contribution is 0.248. The number of likely N-dealkylation sites (N-methyl/N-ethyl adjacent to an activating group) is 1. The molecule has 1 aromatic heterocycles. The van der Waals surface area contributed by atoms with Crippen LogP contribution in [0.5, 0.6) is 0 Å². The highest BCUT2D eigenvalue weighted by atomic mass is 32.1. The molecule has 19 heavy (non-hydrogen) atoms. The Kier molecular flexibility index (Phi) is 4.03. The van der Waals surface area contributed by atoms with Gasteiger partial charge in [0.1, 0.15) is 0 Å². The standard InChI is InChI=1S/C14H22N4S/c1-17-9-6-15-14(17)16-11-12(13-5-4-10-19-13)18-7-2-3-8-18/h4-5,10,12H,2-3,6-9,11H2,1H3,(H,15,16). The summed E-state index contributed by atoms with van der Waals surface area (Å²) in [7, 11) is 2.11. The largest absolute Gasteiger partial charge is 0.354 e. The summed E-state index contributed by atoms with van der Waals surface area (Å²) in [5.41, 5.74) is 0. The molecule has 2 aliphatic rings. The summed E-state index contributed by atoms with van der Waals surface area (Å²) in [5.74, 6) is 1.06. The van der Waals surface area contributed by atoms with E-state index < -0.39 is 0 Å². The molecule has 0 bridgehead atoms. The minimum Gasteiger partial charge on any atom is -0.354 e. The second-order valence-electron chi connectivity index (χ2n) is 5.28. The Morgan fingerprint density at radius 2 is 2.21 bits per heavy atom. The van der Waals surface area contributed by atoms with E-state index in [1.807, 2.05) is 11.3 Å². The van der Waals surface area contributed by atoms with Crippen molar-refractivity contribution in [3.05, 3.63) is 22.4 Å². The van der Waals surface area contributed by atoms with Gasteiger partial charge in [-0.25, -0.2) is 0 Å². The van der Waals surface area contributed by atoms with Crippen LogP contribution in [0.15, 0.2) is 22.5 Å². The molecule has 0 radical (unpaired) electrons. The SMILES string of the molecule is CN1CCN=C1NCC(c1cccs1)N1CCCC1. The number of nitrogens with zero attached hydrogens (tertiary/aromatic N) is 3. The summed E-state index contributed by atoms with van der Waals surface area (Å²) < 4.78 is 0. The lowest BCUT2D eigenvalue weighted by Gasteiger charge is -2.28. The molecule has 0 aromatic carbocycles. The molecular formula is C14H22N4S. The molecule has 4 nitrogen and oxygen atoms in total. The van der Waals surface area contributed by atoms with E-state index in [0.717, 1.165) is 25.6 Å². The number of guanidine groups is 1. The van der Waals surface area contributed by atoms with Crippen LogP contribution in [0, 0.1) is 0 Å². The fourth-order valence-corrected chi connectivity index (χ4v) is 3.72. The summed E-state index contributed by atoms with van der Waals surface area (Å²) in [6.07, 6.45) is 2.67. The number of nitrogens with one attached hydrogen (secondary N) is 1. The summed E-state index contributed by atoms with van der Waals surface area (Å²) in [4.78, 5) is 10.8. The molecule has 1 fully saturated rings. The molecular weight excluding hydrogens is 256 g/mol. The van der Waals surface area contributed by atoms with Crippen molar-refractivity contribution in [1.82, 2.24) is 15.1 Å². The maximum Gasteiger partial charge on any atom is 0.193 e. The van der Waals surface area contributed by atoms with E-state index in [-0.39, 0.29) is 0 Å². The van der Waals surface area contributed by atoms with E-state index in [0.29, 0.717) is 6.04 Å². The van der Waals surface area contributed by atoms with Gasteiger partial charge in [-0.15, -0.1) is 11.3 Å². The van der Waals surface area contributed by atoms with Crippen molar-refractivity contribution in [3.63, 3.8) is 0 Å². The van der Waals surface area contributed by atoms with Crippen LogP contribution in [0.3, 0.4) is 0 Å². The van der Waals surface area contributed by atoms with Gasteiger partial charge in [0.15, 0.2) is 5.96 Å². The van der Waals surface area contributed by atoms with Crippen LogP contribution < -0.4 is 5.32 Å². The van der Waals surface area contributed by atoms with Gasteiger partial charge in [0.05, 0.1) is 12.6 Å². The number of likely N-dealkylation sites (tertiary alicyclic amines) is 1. The highest BCUT2D eigenvalue weighted by molar-refractivity contribution is 7.10. The highest BCUT2D eigenvalue weighted by Gasteiger charge is 2.25. The lowest BCUT2D eigenvalue weighted by atomic mass is 10.2. The normalized spacial score (nSPS) is 21.7. The van der Waals surface area contributed by atoms with Gasteiger partial charge in [-0.3, -0.25) is 9.89 Å². The zero-order valence-corrected chi connectivity index (χ0v) is 12.3. The Balaban J connectivity index is 1.65. The van der Waals surface area contributed by atoms with Crippen LogP contribution in [0.2, 0.25) is 0 Å². The van der Waals surface area contributed by atoms with Gasteiger partial charge in [0, 0.05) is 25.0 Å². The molecule has 1 N–H and O–H groups in total. The van der Waals surface area contributed by atoms with Crippen LogP contribution in [0.4, 0.5) is 0 Å². The number of hydrogen-bond acceptors (Lipinski definition) is 5. The smallest absolute Gasteiger partial charge is 0.193 e. The van der Waals surface area contributed by atoms with Crippen molar-refractivity contribution in [2.45, 2.75) is 18.9 Å².